The van der Waals surface area contributed by atoms with Crippen molar-refractivity contribution < 1.29 is 9.59 Å². The molecule has 0 aliphatic rings. The molecule has 0 bridgehead atoms. The van der Waals surface area contributed by atoms with Crippen molar-refractivity contribution in [2.45, 2.75) is 19.9 Å². The number of nitrogens with one attached hydrogen (secondary N) is 2. The molecule has 9 heteroatoms. The summed E-state index contributed by atoms with van der Waals surface area (Å²) in [5, 5.41) is 5.61. The number of carbonyl (C=O) groups is 2. The van der Waals surface area contributed by atoms with Crippen LogP contribution in [0.5, 0.6) is 0 Å². The van der Waals surface area contributed by atoms with Gasteiger partial charge in [-0.2, -0.15) is 0 Å². The Balaban J connectivity index is 2.33. The first kappa shape index (κ1) is 19.0. The van der Waals surface area contributed by atoms with Crippen LogP contribution in [0.25, 0.3) is 0 Å². The second kappa shape index (κ2) is 7.26. The zero-order valence-corrected chi connectivity index (χ0v) is 15.0. The zero-order valence-electron chi connectivity index (χ0n) is 15.0. The molecule has 1 heterocycles. The number of nitrogen functional groups attached to an aromatic ring is 1. The maximum absolute atomic E-state index is 12.7. The van der Waals surface area contributed by atoms with Gasteiger partial charge in [0.25, 0.3) is 5.56 Å². The molecule has 0 saturated heterocycles. The van der Waals surface area contributed by atoms with E-state index < -0.39 is 23.1 Å². The fourth-order valence-corrected chi connectivity index (χ4v) is 2.51. The first-order valence-corrected chi connectivity index (χ1v) is 7.87. The Morgan fingerprint density at radius 1 is 1.12 bits per heavy atom. The molecule has 1 aromatic carbocycles. The highest BCUT2D eigenvalue weighted by molar-refractivity contribution is 6.04. The third kappa shape index (κ3) is 3.66. The van der Waals surface area contributed by atoms with Crippen LogP contribution in [0, 0.1) is 0 Å². The summed E-state index contributed by atoms with van der Waals surface area (Å²) in [6.07, 6.45) is 0. The molecule has 138 valence electrons. The number of nitrogens with zero attached hydrogens (tertiary/aromatic N) is 2. The number of carbonyl (C=O) groups excluding carboxylic acids is 2. The molecule has 0 fully saturated rings. The molecule has 4 N–H and O–H groups in total. The molecule has 1 amide bonds. The molecule has 2 rings (SSSR count). The summed E-state index contributed by atoms with van der Waals surface area (Å²) in [6.45, 7) is 2.97. The van der Waals surface area contributed by atoms with Gasteiger partial charge in [0.2, 0.25) is 5.91 Å². The largest absolute Gasteiger partial charge is 0.384 e. The van der Waals surface area contributed by atoms with Crippen LogP contribution in [0.1, 0.15) is 24.2 Å². The fourth-order valence-electron chi connectivity index (χ4n) is 2.51. The minimum atomic E-state index is -0.782. The Hall–Kier alpha value is -3.36. The van der Waals surface area contributed by atoms with Gasteiger partial charge in [-0.15, -0.1) is 0 Å². The van der Waals surface area contributed by atoms with E-state index in [-0.39, 0.29) is 17.3 Å². The predicted octanol–water partition coefficient (Wildman–Crippen LogP) is 0.308. The van der Waals surface area contributed by atoms with Gasteiger partial charge in [0, 0.05) is 32.4 Å². The summed E-state index contributed by atoms with van der Waals surface area (Å²) < 4.78 is 1.90. The first-order valence-electron chi connectivity index (χ1n) is 7.87. The van der Waals surface area contributed by atoms with Gasteiger partial charge in [0.1, 0.15) is 11.4 Å². The van der Waals surface area contributed by atoms with Crippen LogP contribution in [0.3, 0.4) is 0 Å². The quantitative estimate of drug-likeness (QED) is 0.659. The first-order chi connectivity index (χ1) is 12.1. The van der Waals surface area contributed by atoms with Crippen molar-refractivity contribution in [1.29, 1.82) is 0 Å². The second-order valence-electron chi connectivity index (χ2n) is 5.96. The minimum Gasteiger partial charge on any atom is -0.384 e. The summed E-state index contributed by atoms with van der Waals surface area (Å²) in [5.41, 5.74) is 5.38. The van der Waals surface area contributed by atoms with Gasteiger partial charge in [-0.25, -0.2) is 4.79 Å². The van der Waals surface area contributed by atoms with Crippen molar-refractivity contribution in [1.82, 2.24) is 9.13 Å². The standard InChI is InChI=1S/C17H21N5O4/c1-9(19-11-6-5-7-12(8-11)20-10(2)23)14(24)13-15(18)21(3)17(26)22(4)16(13)25/h5-9,19H,18H2,1-4H3,(H,20,23). The average molecular weight is 359 g/mol. The van der Waals surface area contributed by atoms with Crippen molar-refractivity contribution in [3.05, 3.63) is 50.7 Å². The van der Waals surface area contributed by atoms with Crippen LogP contribution >= 0.6 is 0 Å². The summed E-state index contributed by atoms with van der Waals surface area (Å²) in [5.74, 6) is -0.930. The number of hydrogen-bond acceptors (Lipinski definition) is 6. The Bertz CT molecular complexity index is 990. The van der Waals surface area contributed by atoms with E-state index in [2.05, 4.69) is 10.6 Å². The van der Waals surface area contributed by atoms with E-state index in [1.807, 2.05) is 0 Å². The van der Waals surface area contributed by atoms with E-state index in [1.165, 1.54) is 21.0 Å². The predicted molar refractivity (Wildman–Crippen MR) is 99.5 cm³/mol. The lowest BCUT2D eigenvalue weighted by molar-refractivity contribution is -0.114. The third-order valence-electron chi connectivity index (χ3n) is 3.92. The molecule has 0 aliphatic heterocycles. The van der Waals surface area contributed by atoms with Crippen molar-refractivity contribution in [3.8, 4) is 0 Å². The zero-order chi connectivity index (χ0) is 19.6. The highest BCUT2D eigenvalue weighted by Crippen LogP contribution is 2.17. The monoisotopic (exact) mass is 359 g/mol. The second-order valence-corrected chi connectivity index (χ2v) is 5.96. The topological polar surface area (TPSA) is 128 Å². The number of aromatic nitrogens is 2. The maximum Gasteiger partial charge on any atom is 0.332 e. The Morgan fingerprint density at radius 3 is 2.35 bits per heavy atom. The van der Waals surface area contributed by atoms with Crippen molar-refractivity contribution >= 4 is 28.9 Å². The smallest absolute Gasteiger partial charge is 0.332 e. The highest BCUT2D eigenvalue weighted by Gasteiger charge is 2.24. The SMILES string of the molecule is CC(=O)Nc1cccc(NC(C)C(=O)c2c(N)n(C)c(=O)n(C)c2=O)c1. The number of benzene rings is 1. The summed E-state index contributed by atoms with van der Waals surface area (Å²) >= 11 is 0. The molecule has 0 saturated carbocycles. The van der Waals surface area contributed by atoms with Crippen molar-refractivity contribution in [2.75, 3.05) is 16.4 Å². The molecular weight excluding hydrogens is 338 g/mol. The van der Waals surface area contributed by atoms with Gasteiger partial charge in [0.15, 0.2) is 5.78 Å². The Labute approximate surface area is 149 Å². The molecule has 0 radical (unpaired) electrons. The van der Waals surface area contributed by atoms with Crippen LogP contribution in [0.2, 0.25) is 0 Å². The van der Waals surface area contributed by atoms with E-state index in [0.29, 0.717) is 11.4 Å². The number of anilines is 3. The molecule has 1 unspecified atom stereocenters. The minimum absolute atomic E-state index is 0.177. The summed E-state index contributed by atoms with van der Waals surface area (Å²) in [6, 6.07) is 6.02. The number of ketones is 1. The van der Waals surface area contributed by atoms with Crippen molar-refractivity contribution in [3.63, 3.8) is 0 Å². The number of nitrogens with two attached hydrogens (primary N) is 1. The lowest BCUT2D eigenvalue weighted by Gasteiger charge is -2.17. The van der Waals surface area contributed by atoms with Gasteiger partial charge < -0.3 is 16.4 Å². The average Bonchev–Trinajstić information content (AvgIpc) is 2.58. The summed E-state index contributed by atoms with van der Waals surface area (Å²) in [7, 11) is 2.68. The van der Waals surface area contributed by atoms with Crippen LogP contribution in [0.15, 0.2) is 33.9 Å². The van der Waals surface area contributed by atoms with Crippen LogP contribution in [-0.4, -0.2) is 26.9 Å². The number of hydrogen-bond donors (Lipinski definition) is 3. The molecule has 1 atom stereocenters. The van der Waals surface area contributed by atoms with Crippen molar-refractivity contribution in [2.24, 2.45) is 14.1 Å². The van der Waals surface area contributed by atoms with Gasteiger partial charge in [-0.3, -0.25) is 23.5 Å². The number of amides is 1. The Morgan fingerprint density at radius 2 is 1.73 bits per heavy atom. The van der Waals surface area contributed by atoms with Gasteiger partial charge >= 0.3 is 5.69 Å². The lowest BCUT2D eigenvalue weighted by atomic mass is 10.1. The molecule has 0 spiro atoms. The molecular formula is C17H21N5O4. The van der Waals surface area contributed by atoms with Gasteiger partial charge in [-0.1, -0.05) is 6.07 Å². The van der Waals surface area contributed by atoms with E-state index in [4.69, 9.17) is 5.73 Å². The van der Waals surface area contributed by atoms with E-state index in [1.54, 1.807) is 31.2 Å². The van der Waals surface area contributed by atoms with E-state index >= 15 is 0 Å². The van der Waals surface area contributed by atoms with Crippen LogP contribution in [0.4, 0.5) is 17.2 Å². The highest BCUT2D eigenvalue weighted by atomic mass is 16.2. The Kier molecular flexibility index (Phi) is 5.30. The maximum atomic E-state index is 12.7. The van der Waals surface area contributed by atoms with Gasteiger partial charge in [0.05, 0.1) is 6.04 Å². The van der Waals surface area contributed by atoms with Gasteiger partial charge in [-0.05, 0) is 25.1 Å². The number of rotatable bonds is 5. The van der Waals surface area contributed by atoms with E-state index in [0.717, 1.165) is 9.13 Å². The number of Topliss-reactive ketones (excluding diaryl/α,β-unsaturated/α-hetero) is 1. The summed E-state index contributed by atoms with van der Waals surface area (Å²) in [4.78, 5) is 48.0. The molecule has 2 aromatic rings. The normalized spacial score (nSPS) is 11.7. The molecule has 26 heavy (non-hydrogen) atoms. The third-order valence-corrected chi connectivity index (χ3v) is 3.92. The molecule has 9 nitrogen and oxygen atoms in total. The molecule has 1 aromatic heterocycles. The molecule has 0 aliphatic carbocycles. The lowest BCUT2D eigenvalue weighted by Crippen LogP contribution is -2.43. The van der Waals surface area contributed by atoms with Crippen LogP contribution in [-0.2, 0) is 18.9 Å². The van der Waals surface area contributed by atoms with E-state index in [9.17, 15) is 19.2 Å². The fraction of sp³-hybridized carbons (Fsp3) is 0.294. The van der Waals surface area contributed by atoms with Crippen LogP contribution < -0.4 is 27.6 Å².